The molecular weight excluding hydrogens is 507 g/mol. The number of benzene rings is 3. The Morgan fingerprint density at radius 2 is 1.33 bits per heavy atom. The van der Waals surface area contributed by atoms with Crippen LogP contribution in [0.1, 0.15) is 5.56 Å². The van der Waals surface area contributed by atoms with Crippen LogP contribution < -0.4 is 5.43 Å². The van der Waals surface area contributed by atoms with Crippen LogP contribution in [0, 0.1) is 29.1 Å². The third-order valence-electron chi connectivity index (χ3n) is 4.51. The topological polar surface area (TPSA) is 50.2 Å². The van der Waals surface area contributed by atoms with Gasteiger partial charge in [0.15, 0.2) is 34.9 Å². The summed E-state index contributed by atoms with van der Waals surface area (Å²) in [4.78, 5) is 8.89. The second-order valence-corrected chi connectivity index (χ2v) is 7.60. The Kier molecular flexibility index (Phi) is 6.45. The van der Waals surface area contributed by atoms with Crippen LogP contribution in [0.5, 0.6) is 0 Å². The van der Waals surface area contributed by atoms with E-state index < -0.39 is 34.6 Å². The lowest BCUT2D eigenvalue weighted by Gasteiger charge is -2.09. The van der Waals surface area contributed by atoms with Gasteiger partial charge in [-0.15, -0.1) is 0 Å². The molecule has 1 aromatic heterocycles. The van der Waals surface area contributed by atoms with Gasteiger partial charge in [-0.05, 0) is 12.1 Å². The maximum atomic E-state index is 13.9. The third-order valence-corrected chi connectivity index (χ3v) is 5.04. The van der Waals surface area contributed by atoms with Crippen molar-refractivity contribution < 1.29 is 22.0 Å². The van der Waals surface area contributed by atoms with Crippen molar-refractivity contribution in [3.63, 3.8) is 0 Å². The van der Waals surface area contributed by atoms with Gasteiger partial charge in [-0.3, -0.25) is 5.43 Å². The number of hydrogen-bond acceptors (Lipinski definition) is 4. The molecule has 0 atom stereocenters. The Morgan fingerprint density at radius 3 is 1.97 bits per heavy atom. The molecule has 166 valence electrons. The maximum Gasteiger partial charge on any atom is 0.200 e. The zero-order valence-corrected chi connectivity index (χ0v) is 18.0. The quantitative estimate of drug-likeness (QED) is 0.105. The Hall–Kier alpha value is -3.66. The van der Waals surface area contributed by atoms with Gasteiger partial charge in [-0.1, -0.05) is 58.4 Å². The van der Waals surface area contributed by atoms with Gasteiger partial charge in [-0.2, -0.15) is 5.10 Å². The van der Waals surface area contributed by atoms with Crippen LogP contribution in [-0.4, -0.2) is 16.2 Å². The molecule has 0 spiro atoms. The molecule has 0 aliphatic rings. The summed E-state index contributed by atoms with van der Waals surface area (Å²) in [6.07, 6.45) is 0.500. The molecule has 0 bridgehead atoms. The van der Waals surface area contributed by atoms with Crippen molar-refractivity contribution in [1.29, 1.82) is 0 Å². The summed E-state index contributed by atoms with van der Waals surface area (Å²) in [6, 6.07) is 17.9. The van der Waals surface area contributed by atoms with Gasteiger partial charge >= 0.3 is 0 Å². The van der Waals surface area contributed by atoms with Crippen LogP contribution in [0.2, 0.25) is 0 Å². The van der Waals surface area contributed by atoms with E-state index in [9.17, 15) is 22.0 Å². The summed E-state index contributed by atoms with van der Waals surface area (Å²) >= 11 is 3.36. The Balaban J connectivity index is 1.72. The lowest BCUT2D eigenvalue weighted by molar-refractivity contribution is 0.377. The minimum absolute atomic E-state index is 0.141. The van der Waals surface area contributed by atoms with Crippen molar-refractivity contribution >= 4 is 28.0 Å². The lowest BCUT2D eigenvalue weighted by atomic mass is 10.1. The van der Waals surface area contributed by atoms with Gasteiger partial charge in [0.05, 0.1) is 17.5 Å². The number of halogens is 6. The van der Waals surface area contributed by atoms with Gasteiger partial charge < -0.3 is 0 Å². The van der Waals surface area contributed by atoms with Crippen LogP contribution in [0.15, 0.2) is 70.2 Å². The lowest BCUT2D eigenvalue weighted by Crippen LogP contribution is -2.07. The summed E-state index contributed by atoms with van der Waals surface area (Å²) in [5, 5.41) is 3.62. The van der Waals surface area contributed by atoms with E-state index in [0.717, 1.165) is 10.0 Å². The number of hydrogen-bond donors (Lipinski definition) is 1. The normalized spacial score (nSPS) is 11.2. The van der Waals surface area contributed by atoms with E-state index in [-0.39, 0.29) is 5.82 Å². The summed E-state index contributed by atoms with van der Waals surface area (Å²) in [5.41, 5.74) is 3.27. The first-order valence-electron chi connectivity index (χ1n) is 9.36. The second kappa shape index (κ2) is 9.45. The molecule has 0 fully saturated rings. The molecule has 0 unspecified atom stereocenters. The minimum Gasteiger partial charge on any atom is -0.261 e. The van der Waals surface area contributed by atoms with Crippen molar-refractivity contribution in [3.05, 3.63) is 99.8 Å². The molecule has 0 aliphatic heterocycles. The number of aromatic nitrogens is 2. The number of rotatable bonds is 5. The predicted octanol–water partition coefficient (Wildman–Crippen LogP) is 6.71. The number of anilines is 1. The highest BCUT2D eigenvalue weighted by Crippen LogP contribution is 2.26. The third kappa shape index (κ3) is 4.75. The highest BCUT2D eigenvalue weighted by atomic mass is 79.9. The van der Waals surface area contributed by atoms with E-state index in [2.05, 4.69) is 36.4 Å². The zero-order valence-electron chi connectivity index (χ0n) is 16.5. The molecular formula is C23H12BrF5N4. The summed E-state index contributed by atoms with van der Waals surface area (Å²) in [5.74, 6) is -9.85. The molecule has 3 aromatic carbocycles. The molecule has 1 N–H and O–H groups in total. The maximum absolute atomic E-state index is 13.9. The van der Waals surface area contributed by atoms with Crippen molar-refractivity contribution in [1.82, 2.24) is 9.97 Å². The zero-order chi connectivity index (χ0) is 23.5. The number of hydrazone groups is 1. The van der Waals surface area contributed by atoms with Crippen LogP contribution in [-0.2, 0) is 0 Å². The number of nitrogens with one attached hydrogen (secondary N) is 1. The van der Waals surface area contributed by atoms with Gasteiger partial charge in [0.2, 0.25) is 5.82 Å². The molecule has 33 heavy (non-hydrogen) atoms. The van der Waals surface area contributed by atoms with E-state index >= 15 is 0 Å². The minimum atomic E-state index is -2.24. The van der Waals surface area contributed by atoms with Crippen molar-refractivity contribution in [2.45, 2.75) is 0 Å². The average molecular weight is 519 g/mol. The molecule has 0 radical (unpaired) electrons. The van der Waals surface area contributed by atoms with Crippen LogP contribution in [0.25, 0.3) is 22.6 Å². The molecule has 0 saturated heterocycles. The van der Waals surface area contributed by atoms with E-state index in [4.69, 9.17) is 0 Å². The van der Waals surface area contributed by atoms with Crippen LogP contribution in [0.4, 0.5) is 27.8 Å². The van der Waals surface area contributed by atoms with Gasteiger partial charge in [0.1, 0.15) is 0 Å². The number of nitrogens with zero attached hydrogens (tertiary/aromatic N) is 3. The monoisotopic (exact) mass is 518 g/mol. The van der Waals surface area contributed by atoms with E-state index in [1.165, 1.54) is 6.07 Å². The largest absolute Gasteiger partial charge is 0.261 e. The first kappa shape index (κ1) is 22.5. The first-order chi connectivity index (χ1) is 15.8. The molecule has 0 saturated carbocycles. The SMILES string of the molecule is Fc1c(F)c(F)c(/C=N/Nc2cc(-c3ccccc3)nc(-c3ccc(Br)cc3)n2)c(F)c1F. The van der Waals surface area contributed by atoms with Crippen LogP contribution in [0.3, 0.4) is 0 Å². The summed E-state index contributed by atoms with van der Waals surface area (Å²) < 4.78 is 68.6. The van der Waals surface area contributed by atoms with Crippen molar-refractivity contribution in [2.75, 3.05) is 5.43 Å². The molecule has 4 rings (SSSR count). The first-order valence-corrected chi connectivity index (χ1v) is 10.2. The van der Waals surface area contributed by atoms with Gasteiger partial charge in [0.25, 0.3) is 0 Å². The van der Waals surface area contributed by atoms with Crippen molar-refractivity contribution in [3.8, 4) is 22.6 Å². The summed E-state index contributed by atoms with van der Waals surface area (Å²) in [6.45, 7) is 0. The van der Waals surface area contributed by atoms with E-state index in [1.807, 2.05) is 42.5 Å². The smallest absolute Gasteiger partial charge is 0.200 e. The fourth-order valence-corrected chi connectivity index (χ4v) is 3.15. The summed E-state index contributed by atoms with van der Waals surface area (Å²) in [7, 11) is 0. The highest BCUT2D eigenvalue weighted by Gasteiger charge is 2.24. The van der Waals surface area contributed by atoms with Gasteiger partial charge in [-0.25, -0.2) is 31.9 Å². The Morgan fingerprint density at radius 1 is 0.727 bits per heavy atom. The van der Waals surface area contributed by atoms with E-state index in [0.29, 0.717) is 23.3 Å². The van der Waals surface area contributed by atoms with Crippen LogP contribution >= 0.6 is 15.9 Å². The second-order valence-electron chi connectivity index (χ2n) is 6.69. The van der Waals surface area contributed by atoms with Crippen molar-refractivity contribution in [2.24, 2.45) is 5.10 Å². The molecule has 4 nitrogen and oxygen atoms in total. The molecule has 0 aliphatic carbocycles. The fourth-order valence-electron chi connectivity index (χ4n) is 2.89. The molecule has 4 aromatic rings. The molecule has 10 heteroatoms. The Labute approximate surface area is 193 Å². The highest BCUT2D eigenvalue weighted by molar-refractivity contribution is 9.10. The molecule has 0 amide bonds. The molecule has 1 heterocycles. The predicted molar refractivity (Wildman–Crippen MR) is 118 cm³/mol. The standard InChI is InChI=1S/C23H12BrF5N4/c24-14-8-6-13(7-9-14)23-31-16(12-4-2-1-3-5-12)10-17(32-23)33-30-11-15-18(25)20(27)22(29)21(28)19(15)26/h1-11H,(H,31,32,33)/b30-11+. The Bertz CT molecular complexity index is 1320. The average Bonchev–Trinajstić information content (AvgIpc) is 2.84. The fraction of sp³-hybridized carbons (Fsp3) is 0. The van der Waals surface area contributed by atoms with Gasteiger partial charge in [0, 0.05) is 21.7 Å². The van der Waals surface area contributed by atoms with E-state index in [1.54, 1.807) is 12.1 Å².